The second-order valence-electron chi connectivity index (χ2n) is 4.09. The second kappa shape index (κ2) is 4.85. The smallest absolute Gasteiger partial charge is 0.116 e. The van der Waals surface area contributed by atoms with Gasteiger partial charge in [0.25, 0.3) is 0 Å². The first-order valence-corrected chi connectivity index (χ1v) is 5.82. The molecule has 1 heterocycles. The third-order valence-corrected chi connectivity index (χ3v) is 2.77. The summed E-state index contributed by atoms with van der Waals surface area (Å²) in [6, 6.07) is 7.62. The Morgan fingerprint density at radius 3 is 2.47 bits per heavy atom. The highest BCUT2D eigenvalue weighted by Crippen LogP contribution is 2.26. The largest absolute Gasteiger partial charge is 0.390 e. The summed E-state index contributed by atoms with van der Waals surface area (Å²) in [5, 5.41) is 18.0. The van der Waals surface area contributed by atoms with Crippen LogP contribution in [0.3, 0.4) is 0 Å². The van der Waals surface area contributed by atoms with Crippen LogP contribution in [0.5, 0.6) is 0 Å². The fraction of sp³-hybridized carbons (Fsp3) is 0.333. The lowest BCUT2D eigenvalue weighted by Crippen LogP contribution is -2.05. The topological polar surface area (TPSA) is 50.9 Å². The summed E-state index contributed by atoms with van der Waals surface area (Å²) in [6.45, 7) is 3.93. The van der Waals surface area contributed by atoms with Crippen LogP contribution < -0.4 is 0 Å². The van der Waals surface area contributed by atoms with E-state index in [2.05, 4.69) is 10.3 Å². The predicted octanol–water partition coefficient (Wildman–Crippen LogP) is 2.67. The molecule has 2 rings (SSSR count). The number of rotatable bonds is 3. The molecule has 1 N–H and O–H groups in total. The Morgan fingerprint density at radius 1 is 1.29 bits per heavy atom. The number of benzene rings is 1. The van der Waals surface area contributed by atoms with Crippen molar-refractivity contribution in [3.63, 3.8) is 0 Å². The second-order valence-corrected chi connectivity index (χ2v) is 4.52. The first-order valence-electron chi connectivity index (χ1n) is 5.44. The molecule has 0 unspecified atom stereocenters. The van der Waals surface area contributed by atoms with Gasteiger partial charge in [0.2, 0.25) is 0 Å². The highest BCUT2D eigenvalue weighted by Gasteiger charge is 2.15. The monoisotopic (exact) mass is 251 g/mol. The van der Waals surface area contributed by atoms with E-state index in [0.717, 1.165) is 11.3 Å². The minimum absolute atomic E-state index is 0.120. The van der Waals surface area contributed by atoms with Gasteiger partial charge in [-0.2, -0.15) is 0 Å². The Bertz CT molecular complexity index is 505. The first-order chi connectivity index (χ1) is 8.13. The maximum atomic E-state index is 9.29. The van der Waals surface area contributed by atoms with Crippen LogP contribution in [0.25, 0.3) is 11.3 Å². The number of hydrogen-bond acceptors (Lipinski definition) is 3. The van der Waals surface area contributed by atoms with E-state index in [1.54, 1.807) is 4.68 Å². The van der Waals surface area contributed by atoms with E-state index in [1.165, 1.54) is 0 Å². The zero-order valence-corrected chi connectivity index (χ0v) is 10.5. The zero-order valence-electron chi connectivity index (χ0n) is 9.76. The molecule has 0 spiro atoms. The molecule has 5 heteroatoms. The summed E-state index contributed by atoms with van der Waals surface area (Å²) in [6.07, 6.45) is 0. The van der Waals surface area contributed by atoms with Gasteiger partial charge in [-0.3, -0.25) is 0 Å². The molecule has 0 bridgehead atoms. The van der Waals surface area contributed by atoms with Crippen molar-refractivity contribution in [3.8, 4) is 11.3 Å². The molecule has 0 amide bonds. The van der Waals surface area contributed by atoms with Gasteiger partial charge in [-0.1, -0.05) is 28.9 Å². The molecule has 1 aromatic heterocycles. The number of halogens is 1. The van der Waals surface area contributed by atoms with Crippen molar-refractivity contribution in [1.29, 1.82) is 0 Å². The van der Waals surface area contributed by atoms with E-state index in [9.17, 15) is 5.11 Å². The highest BCUT2D eigenvalue weighted by atomic mass is 35.5. The molecule has 0 saturated heterocycles. The third-order valence-electron chi connectivity index (χ3n) is 2.52. The SMILES string of the molecule is CC(C)n1nnc(CO)c1-c1ccc(Cl)cc1. The average molecular weight is 252 g/mol. The summed E-state index contributed by atoms with van der Waals surface area (Å²) < 4.78 is 1.80. The molecule has 0 radical (unpaired) electrons. The van der Waals surface area contributed by atoms with E-state index in [-0.39, 0.29) is 12.6 Å². The van der Waals surface area contributed by atoms with Crippen LogP contribution in [-0.4, -0.2) is 20.1 Å². The summed E-state index contributed by atoms with van der Waals surface area (Å²) in [5.74, 6) is 0. The lowest BCUT2D eigenvalue weighted by Gasteiger charge is -2.10. The van der Waals surface area contributed by atoms with E-state index >= 15 is 0 Å². The van der Waals surface area contributed by atoms with E-state index in [1.807, 2.05) is 38.1 Å². The molecule has 17 heavy (non-hydrogen) atoms. The van der Waals surface area contributed by atoms with Crippen LogP contribution >= 0.6 is 11.6 Å². The molecule has 0 aliphatic carbocycles. The minimum Gasteiger partial charge on any atom is -0.390 e. The summed E-state index contributed by atoms with van der Waals surface area (Å²) >= 11 is 5.86. The minimum atomic E-state index is -0.120. The number of nitrogens with zero attached hydrogens (tertiary/aromatic N) is 3. The number of aliphatic hydroxyl groups excluding tert-OH is 1. The highest BCUT2D eigenvalue weighted by molar-refractivity contribution is 6.30. The quantitative estimate of drug-likeness (QED) is 0.913. The van der Waals surface area contributed by atoms with Gasteiger partial charge in [-0.15, -0.1) is 5.10 Å². The summed E-state index contributed by atoms with van der Waals surface area (Å²) in [7, 11) is 0. The van der Waals surface area contributed by atoms with Gasteiger partial charge in [0, 0.05) is 16.6 Å². The molecule has 0 fully saturated rings. The van der Waals surface area contributed by atoms with E-state index in [4.69, 9.17) is 11.6 Å². The fourth-order valence-corrected chi connectivity index (χ4v) is 1.83. The Morgan fingerprint density at radius 2 is 1.94 bits per heavy atom. The molecule has 4 nitrogen and oxygen atoms in total. The van der Waals surface area contributed by atoms with Crippen LogP contribution in [0.1, 0.15) is 25.6 Å². The number of aliphatic hydroxyl groups is 1. The number of hydrogen-bond donors (Lipinski definition) is 1. The Kier molecular flexibility index (Phi) is 3.45. The maximum absolute atomic E-state index is 9.29. The van der Waals surface area contributed by atoms with Crippen LogP contribution in [0, 0.1) is 0 Å². The molecular weight excluding hydrogens is 238 g/mol. The summed E-state index contributed by atoms with van der Waals surface area (Å²) in [4.78, 5) is 0. The molecule has 0 atom stereocenters. The standard InChI is InChI=1S/C12H14ClN3O/c1-8(2)16-12(11(7-17)14-15-16)9-3-5-10(13)6-4-9/h3-6,8,17H,7H2,1-2H3. The Hall–Kier alpha value is -1.39. The Labute approximate surface area is 105 Å². The average Bonchev–Trinajstić information content (AvgIpc) is 2.73. The van der Waals surface area contributed by atoms with Gasteiger partial charge in [0.15, 0.2) is 0 Å². The first kappa shape index (κ1) is 12.1. The van der Waals surface area contributed by atoms with Gasteiger partial charge in [-0.25, -0.2) is 4.68 Å². The van der Waals surface area contributed by atoms with Crippen LogP contribution in [-0.2, 0) is 6.61 Å². The maximum Gasteiger partial charge on any atom is 0.116 e. The molecule has 0 saturated carbocycles. The molecule has 0 aliphatic rings. The van der Waals surface area contributed by atoms with Gasteiger partial charge in [0.1, 0.15) is 5.69 Å². The van der Waals surface area contributed by atoms with Crippen LogP contribution in [0.2, 0.25) is 5.02 Å². The fourth-order valence-electron chi connectivity index (χ4n) is 1.70. The normalized spacial score (nSPS) is 11.1. The zero-order chi connectivity index (χ0) is 12.4. The molecule has 90 valence electrons. The van der Waals surface area contributed by atoms with Gasteiger partial charge < -0.3 is 5.11 Å². The molecular formula is C12H14ClN3O. The lowest BCUT2D eigenvalue weighted by atomic mass is 10.1. The van der Waals surface area contributed by atoms with Crippen molar-refractivity contribution in [2.24, 2.45) is 0 Å². The number of aromatic nitrogens is 3. The van der Waals surface area contributed by atoms with Crippen LogP contribution in [0.4, 0.5) is 0 Å². The summed E-state index contributed by atoms with van der Waals surface area (Å²) in [5.41, 5.74) is 2.39. The van der Waals surface area contributed by atoms with E-state index < -0.39 is 0 Å². The Balaban J connectivity index is 2.55. The predicted molar refractivity (Wildman–Crippen MR) is 66.8 cm³/mol. The van der Waals surface area contributed by atoms with Crippen molar-refractivity contribution in [2.75, 3.05) is 0 Å². The van der Waals surface area contributed by atoms with Crippen molar-refractivity contribution in [3.05, 3.63) is 35.0 Å². The molecule has 1 aromatic carbocycles. The van der Waals surface area contributed by atoms with Crippen molar-refractivity contribution in [2.45, 2.75) is 26.5 Å². The van der Waals surface area contributed by atoms with Gasteiger partial charge >= 0.3 is 0 Å². The third kappa shape index (κ3) is 2.33. The van der Waals surface area contributed by atoms with E-state index in [0.29, 0.717) is 10.7 Å². The molecule has 0 aliphatic heterocycles. The lowest BCUT2D eigenvalue weighted by molar-refractivity contribution is 0.277. The van der Waals surface area contributed by atoms with Crippen molar-refractivity contribution < 1.29 is 5.11 Å². The molecule has 2 aromatic rings. The van der Waals surface area contributed by atoms with Crippen LogP contribution in [0.15, 0.2) is 24.3 Å². The van der Waals surface area contributed by atoms with Crippen molar-refractivity contribution in [1.82, 2.24) is 15.0 Å². The van der Waals surface area contributed by atoms with Gasteiger partial charge in [0.05, 0.1) is 12.3 Å². The van der Waals surface area contributed by atoms with Gasteiger partial charge in [-0.05, 0) is 26.0 Å². The van der Waals surface area contributed by atoms with Crippen molar-refractivity contribution >= 4 is 11.6 Å².